The lowest BCUT2D eigenvalue weighted by molar-refractivity contribution is -0.144. The third-order valence-electron chi connectivity index (χ3n) is 3.70. The van der Waals surface area contributed by atoms with Gasteiger partial charge in [0.2, 0.25) is 0 Å². The molecule has 1 fully saturated rings. The Kier molecular flexibility index (Phi) is 12.2. The molecule has 0 aromatic carbocycles. The van der Waals surface area contributed by atoms with Crippen LogP contribution in [0.3, 0.4) is 0 Å². The van der Waals surface area contributed by atoms with Crippen LogP contribution in [0.1, 0.15) is 58.8 Å². The zero-order valence-electron chi connectivity index (χ0n) is 13.3. The van der Waals surface area contributed by atoms with E-state index in [1.54, 1.807) is 0 Å². The van der Waals surface area contributed by atoms with Gasteiger partial charge in [0.05, 0.1) is 19.8 Å². The number of unbranched alkanes of at least 4 members (excludes halogenated alkanes) is 2. The molecule has 0 unspecified atom stereocenters. The Morgan fingerprint density at radius 3 is 2.43 bits per heavy atom. The monoisotopic (exact) mass is 302 g/mol. The van der Waals surface area contributed by atoms with Crippen molar-refractivity contribution >= 4 is 11.8 Å². The minimum absolute atomic E-state index is 0.117. The van der Waals surface area contributed by atoms with E-state index in [2.05, 4.69) is 6.92 Å². The third kappa shape index (κ3) is 8.83. The highest BCUT2D eigenvalue weighted by atomic mass is 16.5. The van der Waals surface area contributed by atoms with Crippen LogP contribution in [0.4, 0.5) is 0 Å². The van der Waals surface area contributed by atoms with Crippen LogP contribution in [0.5, 0.6) is 0 Å². The summed E-state index contributed by atoms with van der Waals surface area (Å²) in [4.78, 5) is 23.2. The predicted molar refractivity (Wildman–Crippen MR) is 80.8 cm³/mol. The van der Waals surface area contributed by atoms with Gasteiger partial charge in [-0.05, 0) is 25.7 Å². The van der Waals surface area contributed by atoms with Gasteiger partial charge in [0.15, 0.2) is 0 Å². The number of carbonyl (C=O) groups is 2. The molecule has 0 radical (unpaired) electrons. The van der Waals surface area contributed by atoms with Gasteiger partial charge in [0.25, 0.3) is 0 Å². The average Bonchev–Trinajstić information content (AvgIpc) is 2.81. The number of esters is 1. The molecule has 5 heteroatoms. The maximum absolute atomic E-state index is 11.8. The lowest BCUT2D eigenvalue weighted by Crippen LogP contribution is -2.19. The number of hydrogen-bond acceptors (Lipinski definition) is 5. The highest BCUT2D eigenvalue weighted by Gasteiger charge is 2.35. The molecule has 0 heterocycles. The first-order chi connectivity index (χ1) is 10.1. The lowest BCUT2D eigenvalue weighted by atomic mass is 9.88. The first-order valence-corrected chi connectivity index (χ1v) is 8.00. The summed E-state index contributed by atoms with van der Waals surface area (Å²) in [5.74, 6) is 0.562. The van der Waals surface area contributed by atoms with Crippen LogP contribution in [0, 0.1) is 11.8 Å². The Morgan fingerprint density at radius 1 is 1.24 bits per heavy atom. The van der Waals surface area contributed by atoms with Crippen LogP contribution in [-0.2, 0) is 14.3 Å². The second kappa shape index (κ2) is 12.8. The quantitative estimate of drug-likeness (QED) is 0.530. The van der Waals surface area contributed by atoms with Gasteiger partial charge in [-0.3, -0.25) is 9.59 Å². The normalized spacial score (nSPS) is 20.9. The van der Waals surface area contributed by atoms with Crippen molar-refractivity contribution in [2.45, 2.75) is 58.8 Å². The second-order valence-corrected chi connectivity index (χ2v) is 5.32. The Balaban J connectivity index is 0.000000885. The number of carbonyl (C=O) groups excluding carboxylic acids is 2. The van der Waals surface area contributed by atoms with Crippen molar-refractivity contribution in [3.8, 4) is 0 Å². The van der Waals surface area contributed by atoms with Crippen LogP contribution < -0.4 is 0 Å². The topological polar surface area (TPSA) is 83.8 Å². The van der Waals surface area contributed by atoms with Gasteiger partial charge in [-0.15, -0.1) is 0 Å². The van der Waals surface area contributed by atoms with Crippen molar-refractivity contribution in [3.05, 3.63) is 0 Å². The highest BCUT2D eigenvalue weighted by Crippen LogP contribution is 2.35. The second-order valence-electron chi connectivity index (χ2n) is 5.32. The first kappa shape index (κ1) is 20.1. The molecule has 0 aromatic heterocycles. The van der Waals surface area contributed by atoms with Gasteiger partial charge in [0.1, 0.15) is 5.78 Å². The molecule has 0 bridgehead atoms. The van der Waals surface area contributed by atoms with Crippen LogP contribution in [0.15, 0.2) is 0 Å². The van der Waals surface area contributed by atoms with Crippen LogP contribution >= 0.6 is 0 Å². The molecule has 124 valence electrons. The fraction of sp³-hybridized carbons (Fsp3) is 0.875. The standard InChI is InChI=1S/C14H24O3.C2H6O2/c1-3-5-6-7-12-11(8-9-13(12)15)10-14(16)17-4-2;3-1-2-4/h11-12H,3-10H2,1-2H3;3-4H,1-2H2/t11-,12+;/m0./s1. The summed E-state index contributed by atoms with van der Waals surface area (Å²) in [5.41, 5.74) is 0. The summed E-state index contributed by atoms with van der Waals surface area (Å²) >= 11 is 0. The summed E-state index contributed by atoms with van der Waals surface area (Å²) in [6, 6.07) is 0. The molecule has 2 N–H and O–H groups in total. The number of hydrogen-bond donors (Lipinski definition) is 2. The van der Waals surface area contributed by atoms with Crippen molar-refractivity contribution in [2.75, 3.05) is 19.8 Å². The van der Waals surface area contributed by atoms with E-state index in [-0.39, 0.29) is 31.0 Å². The van der Waals surface area contributed by atoms with Crippen LogP contribution in [-0.4, -0.2) is 41.8 Å². The summed E-state index contributed by atoms with van der Waals surface area (Å²) in [7, 11) is 0. The summed E-state index contributed by atoms with van der Waals surface area (Å²) in [6.07, 6.45) is 6.36. The third-order valence-corrected chi connectivity index (χ3v) is 3.70. The van der Waals surface area contributed by atoms with Crippen LogP contribution in [0.25, 0.3) is 0 Å². The number of rotatable bonds is 8. The molecule has 0 saturated heterocycles. The van der Waals surface area contributed by atoms with Gasteiger partial charge in [-0.2, -0.15) is 0 Å². The molecule has 21 heavy (non-hydrogen) atoms. The summed E-state index contributed by atoms with van der Waals surface area (Å²) in [6.45, 7) is 4.16. The van der Waals surface area contributed by atoms with E-state index in [1.165, 1.54) is 12.8 Å². The zero-order chi connectivity index (χ0) is 16.1. The fourth-order valence-electron chi connectivity index (χ4n) is 2.67. The van der Waals surface area contributed by atoms with Crippen molar-refractivity contribution in [1.29, 1.82) is 0 Å². The minimum atomic E-state index is -0.146. The number of aliphatic hydroxyl groups excluding tert-OH is 2. The first-order valence-electron chi connectivity index (χ1n) is 8.00. The Hall–Kier alpha value is -0.940. The minimum Gasteiger partial charge on any atom is -0.466 e. The van der Waals surface area contributed by atoms with E-state index in [1.807, 2.05) is 6.92 Å². The zero-order valence-corrected chi connectivity index (χ0v) is 13.3. The van der Waals surface area contributed by atoms with Crippen molar-refractivity contribution < 1.29 is 24.5 Å². The van der Waals surface area contributed by atoms with E-state index in [0.717, 1.165) is 19.3 Å². The number of aliphatic hydroxyl groups is 2. The molecule has 0 amide bonds. The van der Waals surface area contributed by atoms with Gasteiger partial charge in [-0.25, -0.2) is 0 Å². The van der Waals surface area contributed by atoms with E-state index in [4.69, 9.17) is 14.9 Å². The van der Waals surface area contributed by atoms with Gasteiger partial charge < -0.3 is 14.9 Å². The highest BCUT2D eigenvalue weighted by molar-refractivity contribution is 5.84. The maximum atomic E-state index is 11.8. The van der Waals surface area contributed by atoms with Crippen molar-refractivity contribution in [2.24, 2.45) is 11.8 Å². The number of ether oxygens (including phenoxy) is 1. The lowest BCUT2D eigenvalue weighted by Gasteiger charge is -2.17. The molecular formula is C16H30O5. The van der Waals surface area contributed by atoms with E-state index < -0.39 is 0 Å². The number of ketones is 1. The van der Waals surface area contributed by atoms with Gasteiger partial charge in [-0.1, -0.05) is 26.2 Å². The molecular weight excluding hydrogens is 272 g/mol. The maximum Gasteiger partial charge on any atom is 0.306 e. The predicted octanol–water partition coefficient (Wildman–Crippen LogP) is 2.09. The van der Waals surface area contributed by atoms with Crippen LogP contribution in [0.2, 0.25) is 0 Å². The fourth-order valence-corrected chi connectivity index (χ4v) is 2.67. The summed E-state index contributed by atoms with van der Waals surface area (Å²) < 4.78 is 4.96. The molecule has 1 aliphatic rings. The van der Waals surface area contributed by atoms with Crippen molar-refractivity contribution in [3.63, 3.8) is 0 Å². The van der Waals surface area contributed by atoms with E-state index in [9.17, 15) is 9.59 Å². The molecule has 0 spiro atoms. The Bertz CT molecular complexity index is 288. The molecule has 5 nitrogen and oxygen atoms in total. The Labute approximate surface area is 127 Å². The number of Topliss-reactive ketones (excluding diaryl/α,β-unsaturated/α-hetero) is 1. The van der Waals surface area contributed by atoms with Crippen molar-refractivity contribution in [1.82, 2.24) is 0 Å². The van der Waals surface area contributed by atoms with Gasteiger partial charge in [0, 0.05) is 18.8 Å². The molecule has 2 atom stereocenters. The van der Waals surface area contributed by atoms with Gasteiger partial charge >= 0.3 is 5.97 Å². The summed E-state index contributed by atoms with van der Waals surface area (Å²) in [5, 5.41) is 15.2. The Morgan fingerprint density at radius 2 is 1.90 bits per heavy atom. The smallest absolute Gasteiger partial charge is 0.306 e. The molecule has 0 aliphatic heterocycles. The molecule has 1 aliphatic carbocycles. The largest absolute Gasteiger partial charge is 0.466 e. The molecule has 1 rings (SSSR count). The van der Waals surface area contributed by atoms with E-state index >= 15 is 0 Å². The van der Waals surface area contributed by atoms with E-state index in [0.29, 0.717) is 25.2 Å². The average molecular weight is 302 g/mol. The SMILES string of the molecule is CCCCC[C@H]1C(=O)CC[C@H]1CC(=O)OCC.OCCO. The molecule has 1 saturated carbocycles. The molecule has 0 aromatic rings.